The number of hydrogen-bond acceptors (Lipinski definition) is 3. The number of pyridine rings is 1. The normalized spacial score (nSPS) is 10.2. The van der Waals surface area contributed by atoms with Gasteiger partial charge in [0, 0.05) is 18.4 Å². The molecule has 1 heterocycles. The summed E-state index contributed by atoms with van der Waals surface area (Å²) in [4.78, 5) is 17.5. The molecule has 4 nitrogen and oxygen atoms in total. The van der Waals surface area contributed by atoms with Gasteiger partial charge in [-0.05, 0) is 30.7 Å². The van der Waals surface area contributed by atoms with E-state index >= 15 is 0 Å². The topological polar surface area (TPSA) is 53.4 Å². The molecule has 4 heteroatoms. The Labute approximate surface area is 112 Å². The smallest absolute Gasteiger partial charge is 0.335 e. The Kier molecular flexibility index (Phi) is 3.80. The first kappa shape index (κ1) is 13.1. The molecule has 1 aromatic heterocycles. The number of anilines is 2. The standard InChI is InChI=1S/C15H16N2O2/c1-3-12-9-11(15(18)19)10-14(16-12)17(2)13-7-5-4-6-8-13/h4-10H,3H2,1-2H3,(H,18,19). The van der Waals surface area contributed by atoms with E-state index in [1.165, 1.54) is 0 Å². The van der Waals surface area contributed by atoms with E-state index in [4.69, 9.17) is 5.11 Å². The number of aromatic carboxylic acids is 1. The molecule has 0 aliphatic carbocycles. The van der Waals surface area contributed by atoms with Crippen LogP contribution in [0.5, 0.6) is 0 Å². The zero-order chi connectivity index (χ0) is 13.8. The van der Waals surface area contributed by atoms with Gasteiger partial charge in [-0.3, -0.25) is 0 Å². The highest BCUT2D eigenvalue weighted by Crippen LogP contribution is 2.23. The molecule has 2 aromatic rings. The summed E-state index contributed by atoms with van der Waals surface area (Å²) >= 11 is 0. The molecule has 0 spiro atoms. The summed E-state index contributed by atoms with van der Waals surface area (Å²) in [6, 6.07) is 12.9. The average molecular weight is 256 g/mol. The van der Waals surface area contributed by atoms with Crippen LogP contribution in [0.25, 0.3) is 0 Å². The van der Waals surface area contributed by atoms with Gasteiger partial charge >= 0.3 is 5.97 Å². The maximum atomic E-state index is 11.1. The Morgan fingerprint density at radius 3 is 2.53 bits per heavy atom. The van der Waals surface area contributed by atoms with Gasteiger partial charge in [-0.2, -0.15) is 0 Å². The number of carboxylic acid groups (broad SMARTS) is 1. The lowest BCUT2D eigenvalue weighted by molar-refractivity contribution is 0.0696. The molecule has 1 N–H and O–H groups in total. The van der Waals surface area contributed by atoms with Crippen LogP contribution in [0.15, 0.2) is 42.5 Å². The fourth-order valence-corrected chi connectivity index (χ4v) is 1.83. The van der Waals surface area contributed by atoms with Crippen molar-refractivity contribution in [1.29, 1.82) is 0 Å². The largest absolute Gasteiger partial charge is 0.478 e. The van der Waals surface area contributed by atoms with Crippen LogP contribution in [-0.2, 0) is 6.42 Å². The van der Waals surface area contributed by atoms with Crippen LogP contribution in [0.4, 0.5) is 11.5 Å². The maximum Gasteiger partial charge on any atom is 0.335 e. The molecule has 98 valence electrons. The molecule has 0 saturated heterocycles. The van der Waals surface area contributed by atoms with E-state index in [1.54, 1.807) is 12.1 Å². The molecule has 0 aliphatic heterocycles. The zero-order valence-corrected chi connectivity index (χ0v) is 11.0. The number of carbonyl (C=O) groups is 1. The van der Waals surface area contributed by atoms with Crippen molar-refractivity contribution in [3.63, 3.8) is 0 Å². The second-order valence-corrected chi connectivity index (χ2v) is 4.26. The second kappa shape index (κ2) is 5.52. The van der Waals surface area contributed by atoms with E-state index in [0.717, 1.165) is 11.4 Å². The van der Waals surface area contributed by atoms with E-state index in [9.17, 15) is 4.79 Å². The van der Waals surface area contributed by atoms with Crippen LogP contribution in [0.2, 0.25) is 0 Å². The number of carboxylic acids is 1. The molecule has 0 unspecified atom stereocenters. The molecule has 1 aromatic carbocycles. The first-order valence-corrected chi connectivity index (χ1v) is 6.15. The highest BCUT2D eigenvalue weighted by atomic mass is 16.4. The summed E-state index contributed by atoms with van der Waals surface area (Å²) in [6.45, 7) is 1.96. The molecule has 0 amide bonds. The summed E-state index contributed by atoms with van der Waals surface area (Å²) in [5.74, 6) is -0.289. The number of aromatic nitrogens is 1. The second-order valence-electron chi connectivity index (χ2n) is 4.26. The summed E-state index contributed by atoms with van der Waals surface area (Å²) in [7, 11) is 1.88. The summed E-state index contributed by atoms with van der Waals surface area (Å²) in [5.41, 5.74) is 2.02. The number of nitrogens with zero attached hydrogens (tertiary/aromatic N) is 2. The monoisotopic (exact) mass is 256 g/mol. The summed E-state index contributed by atoms with van der Waals surface area (Å²) in [5, 5.41) is 9.14. The molecular weight excluding hydrogens is 240 g/mol. The van der Waals surface area contributed by atoms with Crippen LogP contribution in [-0.4, -0.2) is 23.1 Å². The van der Waals surface area contributed by atoms with Crippen molar-refractivity contribution in [2.45, 2.75) is 13.3 Å². The van der Waals surface area contributed by atoms with E-state index in [2.05, 4.69) is 4.98 Å². The quantitative estimate of drug-likeness (QED) is 0.913. The molecule has 0 bridgehead atoms. The first-order chi connectivity index (χ1) is 9.11. The fourth-order valence-electron chi connectivity index (χ4n) is 1.83. The van der Waals surface area contributed by atoms with Crippen LogP contribution < -0.4 is 4.90 Å². The number of aryl methyl sites for hydroxylation is 1. The number of hydrogen-bond donors (Lipinski definition) is 1. The Balaban J connectivity index is 2.44. The highest BCUT2D eigenvalue weighted by molar-refractivity contribution is 5.89. The van der Waals surface area contributed by atoms with Gasteiger partial charge in [-0.15, -0.1) is 0 Å². The van der Waals surface area contributed by atoms with Crippen molar-refractivity contribution in [3.8, 4) is 0 Å². The Hall–Kier alpha value is -2.36. The minimum Gasteiger partial charge on any atom is -0.478 e. The average Bonchev–Trinajstić information content (AvgIpc) is 2.46. The third-order valence-electron chi connectivity index (χ3n) is 2.96. The molecule has 2 rings (SSSR count). The third kappa shape index (κ3) is 2.91. The van der Waals surface area contributed by atoms with E-state index in [-0.39, 0.29) is 5.56 Å². The van der Waals surface area contributed by atoms with Gasteiger partial charge in [0.15, 0.2) is 0 Å². The SMILES string of the molecule is CCc1cc(C(=O)O)cc(N(C)c2ccccc2)n1. The Morgan fingerprint density at radius 2 is 1.95 bits per heavy atom. The first-order valence-electron chi connectivity index (χ1n) is 6.15. The number of rotatable bonds is 4. The predicted octanol–water partition coefficient (Wildman–Crippen LogP) is 3.11. The Bertz CT molecular complexity index is 582. The fraction of sp³-hybridized carbons (Fsp3) is 0.200. The maximum absolute atomic E-state index is 11.1. The molecule has 0 fully saturated rings. The van der Waals surface area contributed by atoms with Crippen LogP contribution in [0.3, 0.4) is 0 Å². The molecular formula is C15H16N2O2. The molecule has 19 heavy (non-hydrogen) atoms. The minimum atomic E-state index is -0.931. The van der Waals surface area contributed by atoms with Crippen molar-refractivity contribution < 1.29 is 9.90 Å². The van der Waals surface area contributed by atoms with Gasteiger partial charge < -0.3 is 10.0 Å². The van der Waals surface area contributed by atoms with Gasteiger partial charge in [0.2, 0.25) is 0 Å². The van der Waals surface area contributed by atoms with E-state index in [0.29, 0.717) is 12.2 Å². The lowest BCUT2D eigenvalue weighted by Gasteiger charge is -2.19. The number of para-hydroxylation sites is 1. The summed E-state index contributed by atoms with van der Waals surface area (Å²) in [6.07, 6.45) is 0.705. The van der Waals surface area contributed by atoms with Crippen LogP contribution in [0, 0.1) is 0 Å². The zero-order valence-electron chi connectivity index (χ0n) is 11.0. The van der Waals surface area contributed by atoms with Crippen molar-refractivity contribution in [2.24, 2.45) is 0 Å². The van der Waals surface area contributed by atoms with Crippen molar-refractivity contribution >= 4 is 17.5 Å². The van der Waals surface area contributed by atoms with Crippen molar-refractivity contribution in [3.05, 3.63) is 53.7 Å². The van der Waals surface area contributed by atoms with Gasteiger partial charge in [-0.25, -0.2) is 9.78 Å². The van der Waals surface area contributed by atoms with Gasteiger partial charge in [0.25, 0.3) is 0 Å². The van der Waals surface area contributed by atoms with Crippen molar-refractivity contribution in [2.75, 3.05) is 11.9 Å². The highest BCUT2D eigenvalue weighted by Gasteiger charge is 2.11. The summed E-state index contributed by atoms with van der Waals surface area (Å²) < 4.78 is 0. The van der Waals surface area contributed by atoms with E-state index < -0.39 is 5.97 Å². The Morgan fingerprint density at radius 1 is 1.26 bits per heavy atom. The third-order valence-corrected chi connectivity index (χ3v) is 2.96. The minimum absolute atomic E-state index is 0.268. The molecule has 0 aliphatic rings. The predicted molar refractivity (Wildman–Crippen MR) is 75.1 cm³/mol. The number of benzene rings is 1. The van der Waals surface area contributed by atoms with E-state index in [1.807, 2.05) is 49.2 Å². The van der Waals surface area contributed by atoms with Crippen LogP contribution in [0.1, 0.15) is 23.0 Å². The van der Waals surface area contributed by atoms with Gasteiger partial charge in [0.1, 0.15) is 5.82 Å². The lowest BCUT2D eigenvalue weighted by atomic mass is 10.2. The van der Waals surface area contributed by atoms with Crippen molar-refractivity contribution in [1.82, 2.24) is 4.98 Å². The lowest BCUT2D eigenvalue weighted by Crippen LogP contribution is -2.13. The molecule has 0 atom stereocenters. The van der Waals surface area contributed by atoms with Gasteiger partial charge in [-0.1, -0.05) is 25.1 Å². The van der Waals surface area contributed by atoms with Crippen LogP contribution >= 0.6 is 0 Å². The van der Waals surface area contributed by atoms with Gasteiger partial charge in [0.05, 0.1) is 5.56 Å². The molecule has 0 saturated carbocycles. The molecule has 0 radical (unpaired) electrons.